The summed E-state index contributed by atoms with van der Waals surface area (Å²) in [6.07, 6.45) is 1.88. The molecule has 1 amide bonds. The van der Waals surface area contributed by atoms with Crippen molar-refractivity contribution >= 4 is 17.0 Å². The zero-order valence-electron chi connectivity index (χ0n) is 18.4. The molecule has 4 aromatic rings. The third-order valence-electron chi connectivity index (χ3n) is 5.93. The second-order valence-electron chi connectivity index (χ2n) is 8.35. The summed E-state index contributed by atoms with van der Waals surface area (Å²) in [6.45, 7) is 5.38. The van der Waals surface area contributed by atoms with Crippen LogP contribution >= 0.6 is 0 Å². The van der Waals surface area contributed by atoms with E-state index in [2.05, 4.69) is 44.6 Å². The van der Waals surface area contributed by atoms with E-state index in [4.69, 9.17) is 8.94 Å². The summed E-state index contributed by atoms with van der Waals surface area (Å²) < 4.78 is 11.8. The van der Waals surface area contributed by atoms with Crippen molar-refractivity contribution in [1.82, 2.24) is 24.9 Å². The molecule has 0 unspecified atom stereocenters. The quantitative estimate of drug-likeness (QED) is 0.434. The zero-order valence-corrected chi connectivity index (χ0v) is 18.4. The lowest BCUT2D eigenvalue weighted by atomic mass is 10.00. The molecule has 3 heterocycles. The van der Waals surface area contributed by atoms with Crippen molar-refractivity contribution in [3.05, 3.63) is 81.4 Å². The molecule has 0 radical (unpaired) electrons. The number of benzene rings is 2. The predicted octanol–water partition coefficient (Wildman–Crippen LogP) is 2.51. The highest BCUT2D eigenvalue weighted by Gasteiger charge is 2.18. The Kier molecular flexibility index (Phi) is 5.78. The summed E-state index contributed by atoms with van der Waals surface area (Å²) in [5, 5.41) is 6.68. The van der Waals surface area contributed by atoms with Crippen LogP contribution in [0.25, 0.3) is 11.1 Å². The number of nitrogens with one attached hydrogen (secondary N) is 1. The fourth-order valence-electron chi connectivity index (χ4n) is 4.20. The smallest absolute Gasteiger partial charge is 0.408 e. The van der Waals surface area contributed by atoms with E-state index in [1.165, 1.54) is 15.7 Å². The van der Waals surface area contributed by atoms with Crippen LogP contribution in [-0.2, 0) is 19.5 Å². The van der Waals surface area contributed by atoms with Gasteiger partial charge in [-0.1, -0.05) is 35.5 Å². The molecule has 0 saturated carbocycles. The van der Waals surface area contributed by atoms with Crippen LogP contribution in [0.1, 0.15) is 39.6 Å². The largest absolute Gasteiger partial charge is 0.420 e. The van der Waals surface area contributed by atoms with E-state index in [-0.39, 0.29) is 18.3 Å². The van der Waals surface area contributed by atoms with Crippen LogP contribution in [0.3, 0.4) is 0 Å². The number of carbonyl (C=O) groups is 1. The molecule has 0 aliphatic carbocycles. The van der Waals surface area contributed by atoms with Gasteiger partial charge in [0, 0.05) is 26.2 Å². The number of hydrogen-bond donors (Lipinski definition) is 1. The van der Waals surface area contributed by atoms with Crippen molar-refractivity contribution in [3.63, 3.8) is 0 Å². The Hall–Kier alpha value is -3.72. The number of hydrogen-bond acceptors (Lipinski definition) is 7. The Morgan fingerprint density at radius 3 is 2.91 bits per heavy atom. The van der Waals surface area contributed by atoms with Gasteiger partial charge in [0.2, 0.25) is 0 Å². The normalized spacial score (nSPS) is 13.8. The van der Waals surface area contributed by atoms with Crippen LogP contribution in [0.4, 0.5) is 0 Å². The topological polar surface area (TPSA) is 106 Å². The van der Waals surface area contributed by atoms with Crippen LogP contribution in [0.2, 0.25) is 0 Å². The van der Waals surface area contributed by atoms with Crippen LogP contribution in [-0.4, -0.2) is 45.1 Å². The highest BCUT2D eigenvalue weighted by molar-refractivity contribution is 5.89. The van der Waals surface area contributed by atoms with Gasteiger partial charge < -0.3 is 14.3 Å². The lowest BCUT2D eigenvalue weighted by molar-refractivity contribution is 0.0907. The molecule has 0 saturated heterocycles. The van der Waals surface area contributed by atoms with Gasteiger partial charge in [-0.25, -0.2) is 4.79 Å². The average molecular weight is 447 g/mol. The molecule has 9 nitrogen and oxygen atoms in total. The van der Waals surface area contributed by atoms with Crippen molar-refractivity contribution in [2.24, 2.45) is 0 Å². The molecule has 0 spiro atoms. The van der Waals surface area contributed by atoms with Crippen LogP contribution in [0.15, 0.2) is 56.2 Å². The van der Waals surface area contributed by atoms with E-state index in [0.717, 1.165) is 38.0 Å². The first-order valence-electron chi connectivity index (χ1n) is 11.1. The van der Waals surface area contributed by atoms with Crippen LogP contribution in [0, 0.1) is 6.92 Å². The number of fused-ring (bicyclic) bond motifs is 2. The first-order valence-corrected chi connectivity index (χ1v) is 11.1. The summed E-state index contributed by atoms with van der Waals surface area (Å²) >= 11 is 0. The monoisotopic (exact) mass is 447 g/mol. The number of oxazole rings is 1. The predicted molar refractivity (Wildman–Crippen MR) is 121 cm³/mol. The third-order valence-corrected chi connectivity index (χ3v) is 5.93. The molecule has 0 atom stereocenters. The Bertz CT molecular complexity index is 1350. The van der Waals surface area contributed by atoms with E-state index in [1.54, 1.807) is 6.07 Å². The van der Waals surface area contributed by atoms with Crippen molar-refractivity contribution in [2.75, 3.05) is 19.6 Å². The van der Waals surface area contributed by atoms with E-state index in [9.17, 15) is 9.59 Å². The molecular formula is C24H25N5O4. The van der Waals surface area contributed by atoms with E-state index in [1.807, 2.05) is 19.1 Å². The van der Waals surface area contributed by atoms with Crippen molar-refractivity contribution in [2.45, 2.75) is 32.9 Å². The summed E-state index contributed by atoms with van der Waals surface area (Å²) in [5.74, 6) is -0.808. The second kappa shape index (κ2) is 9.03. The Labute approximate surface area is 190 Å². The van der Waals surface area contributed by atoms with Gasteiger partial charge in [-0.15, -0.1) is 0 Å². The summed E-state index contributed by atoms with van der Waals surface area (Å²) in [6, 6.07) is 14.0. The molecule has 1 aliphatic rings. The fraction of sp³-hybridized carbons (Fsp3) is 0.333. The molecule has 9 heteroatoms. The maximum Gasteiger partial charge on any atom is 0.420 e. The van der Waals surface area contributed by atoms with Gasteiger partial charge >= 0.3 is 17.6 Å². The molecule has 2 aromatic heterocycles. The maximum absolute atomic E-state index is 12.4. The van der Waals surface area contributed by atoms with E-state index in [0.29, 0.717) is 17.6 Å². The summed E-state index contributed by atoms with van der Waals surface area (Å²) in [5.41, 5.74) is 4.94. The van der Waals surface area contributed by atoms with Gasteiger partial charge in [0.25, 0.3) is 0 Å². The molecule has 1 aliphatic heterocycles. The molecule has 33 heavy (non-hydrogen) atoms. The highest BCUT2D eigenvalue weighted by Crippen LogP contribution is 2.18. The minimum absolute atomic E-state index is 0.0580. The minimum atomic E-state index is -0.508. The molecule has 0 fully saturated rings. The molecule has 0 bridgehead atoms. The van der Waals surface area contributed by atoms with E-state index < -0.39 is 11.7 Å². The first kappa shape index (κ1) is 21.1. The number of aryl methyl sites for hydroxylation is 1. The lowest BCUT2D eigenvalue weighted by Crippen LogP contribution is -2.33. The number of nitrogens with zero attached hydrogens (tertiary/aromatic N) is 4. The molecule has 170 valence electrons. The zero-order chi connectivity index (χ0) is 22.8. The van der Waals surface area contributed by atoms with Crippen LogP contribution in [0.5, 0.6) is 0 Å². The van der Waals surface area contributed by atoms with Gasteiger partial charge in [-0.2, -0.15) is 4.98 Å². The minimum Gasteiger partial charge on any atom is -0.408 e. The van der Waals surface area contributed by atoms with Gasteiger partial charge in [0.05, 0.1) is 12.1 Å². The first-order chi connectivity index (χ1) is 16.1. The lowest BCUT2D eigenvalue weighted by Gasteiger charge is -2.28. The Balaban J connectivity index is 1.13. The molecular weight excluding hydrogens is 422 g/mol. The molecule has 5 rings (SSSR count). The van der Waals surface area contributed by atoms with Crippen molar-refractivity contribution in [1.29, 1.82) is 0 Å². The number of amides is 1. The number of rotatable bonds is 7. The molecule has 1 N–H and O–H groups in total. The average Bonchev–Trinajstić information content (AvgIpc) is 3.41. The van der Waals surface area contributed by atoms with E-state index >= 15 is 0 Å². The van der Waals surface area contributed by atoms with Crippen molar-refractivity contribution < 1.29 is 13.7 Å². The van der Waals surface area contributed by atoms with Crippen molar-refractivity contribution in [3.8, 4) is 0 Å². The van der Waals surface area contributed by atoms with Gasteiger partial charge in [-0.05, 0) is 48.6 Å². The Morgan fingerprint density at radius 1 is 1.18 bits per heavy atom. The summed E-state index contributed by atoms with van der Waals surface area (Å²) in [4.78, 5) is 31.1. The number of aromatic nitrogens is 3. The van der Waals surface area contributed by atoms with Crippen LogP contribution < -0.4 is 11.1 Å². The highest BCUT2D eigenvalue weighted by atomic mass is 16.5. The Morgan fingerprint density at radius 2 is 2.03 bits per heavy atom. The van der Waals surface area contributed by atoms with Gasteiger partial charge in [0.15, 0.2) is 11.4 Å². The fourth-order valence-corrected chi connectivity index (χ4v) is 4.20. The summed E-state index contributed by atoms with van der Waals surface area (Å²) in [7, 11) is 0. The molecule has 2 aromatic carbocycles. The van der Waals surface area contributed by atoms with Gasteiger partial charge in [0.1, 0.15) is 0 Å². The number of carbonyl (C=O) groups excluding carboxylic acids is 1. The second-order valence-corrected chi connectivity index (χ2v) is 8.35. The third kappa shape index (κ3) is 4.58. The van der Waals surface area contributed by atoms with Gasteiger partial charge in [-0.3, -0.25) is 14.3 Å². The maximum atomic E-state index is 12.4. The standard InChI is InChI=1S/C24H25N5O4/c1-16-7-8-20-19(13-16)29(24(31)32-20)15-21-26-23(33-27-21)22(30)25-10-4-11-28-12-9-17-5-2-3-6-18(17)14-28/h2-3,5-8,13H,4,9-12,14-15H2,1H3,(H,25,30). The SMILES string of the molecule is Cc1ccc2oc(=O)n(Cc3noc(C(=O)NCCCN4CCc5ccccc5C4)n3)c2c1.